The molecule has 0 unspecified atom stereocenters. The van der Waals surface area contributed by atoms with E-state index in [0.29, 0.717) is 13.2 Å². The summed E-state index contributed by atoms with van der Waals surface area (Å²) in [5.74, 6) is 1.80. The van der Waals surface area contributed by atoms with Gasteiger partial charge in [-0.3, -0.25) is 0 Å². The van der Waals surface area contributed by atoms with Gasteiger partial charge in [-0.05, 0) is 69.4 Å². The molecular weight excluding hydrogens is 350 g/mol. The maximum absolute atomic E-state index is 5.06. The number of methoxy groups -OCH3 is 1. The van der Waals surface area contributed by atoms with Crippen LogP contribution < -0.4 is 16.0 Å². The molecule has 3 N–H and O–H groups in total. The number of anilines is 1. The predicted molar refractivity (Wildman–Crippen MR) is 119 cm³/mol. The van der Waals surface area contributed by atoms with Crippen molar-refractivity contribution in [1.82, 2.24) is 15.5 Å². The van der Waals surface area contributed by atoms with E-state index in [-0.39, 0.29) is 0 Å². The van der Waals surface area contributed by atoms with Crippen LogP contribution in [0.15, 0.2) is 29.3 Å². The van der Waals surface area contributed by atoms with E-state index in [1.807, 2.05) is 0 Å². The highest BCUT2D eigenvalue weighted by Gasteiger charge is 2.14. The van der Waals surface area contributed by atoms with Crippen molar-refractivity contribution in [1.29, 1.82) is 0 Å². The number of aliphatic imine (C=N–C) groups is 1. The second-order valence-electron chi connectivity index (χ2n) is 7.62. The van der Waals surface area contributed by atoms with Gasteiger partial charge in [0, 0.05) is 32.4 Å². The van der Waals surface area contributed by atoms with E-state index in [9.17, 15) is 0 Å². The summed E-state index contributed by atoms with van der Waals surface area (Å²) >= 11 is 0. The number of nitrogens with one attached hydrogen (secondary N) is 3. The minimum Gasteiger partial charge on any atom is -0.383 e. The molecule has 0 radical (unpaired) electrons. The van der Waals surface area contributed by atoms with Gasteiger partial charge in [0.2, 0.25) is 0 Å². The van der Waals surface area contributed by atoms with E-state index < -0.39 is 0 Å². The summed E-state index contributed by atoms with van der Waals surface area (Å²) < 4.78 is 5.06. The van der Waals surface area contributed by atoms with Crippen LogP contribution in [-0.4, -0.2) is 63.8 Å². The van der Waals surface area contributed by atoms with E-state index in [4.69, 9.17) is 9.73 Å². The molecule has 1 aliphatic heterocycles. The van der Waals surface area contributed by atoms with Gasteiger partial charge in [-0.1, -0.05) is 19.1 Å². The highest BCUT2D eigenvalue weighted by molar-refractivity contribution is 5.79. The third kappa shape index (κ3) is 8.93. The lowest BCUT2D eigenvalue weighted by Crippen LogP contribution is -2.39. The number of hydrogen-bond donors (Lipinski definition) is 3. The number of ether oxygens (including phenoxy) is 1. The average molecular weight is 390 g/mol. The number of nitrogens with zero attached hydrogens (tertiary/aromatic N) is 2. The van der Waals surface area contributed by atoms with Crippen molar-refractivity contribution in [2.45, 2.75) is 39.7 Å². The molecule has 0 spiro atoms. The monoisotopic (exact) mass is 389 g/mol. The number of guanidine groups is 1. The van der Waals surface area contributed by atoms with Crippen molar-refractivity contribution in [3.05, 3.63) is 29.8 Å². The van der Waals surface area contributed by atoms with Crippen LogP contribution in [-0.2, 0) is 11.3 Å². The van der Waals surface area contributed by atoms with Crippen LogP contribution in [0, 0.1) is 5.92 Å². The first-order valence-corrected chi connectivity index (χ1v) is 10.8. The second kappa shape index (κ2) is 13.4. The van der Waals surface area contributed by atoms with Crippen molar-refractivity contribution < 1.29 is 4.74 Å². The number of piperidine rings is 1. The summed E-state index contributed by atoms with van der Waals surface area (Å²) in [7, 11) is 1.72. The van der Waals surface area contributed by atoms with Gasteiger partial charge in [-0.15, -0.1) is 0 Å². The largest absolute Gasteiger partial charge is 0.383 e. The Balaban J connectivity index is 1.70. The highest BCUT2D eigenvalue weighted by atomic mass is 16.5. The number of benzene rings is 1. The van der Waals surface area contributed by atoms with Crippen LogP contribution in [0.2, 0.25) is 0 Å². The van der Waals surface area contributed by atoms with E-state index in [1.165, 1.54) is 38.0 Å². The number of rotatable bonds is 11. The van der Waals surface area contributed by atoms with E-state index in [2.05, 4.69) is 59.0 Å². The summed E-state index contributed by atoms with van der Waals surface area (Å²) in [4.78, 5) is 7.31. The molecule has 28 heavy (non-hydrogen) atoms. The standard InChI is InChI=1S/C22H39N5O/c1-4-23-22(25-12-5-14-27-15-10-19(2)11-16-27)26-18-20-6-8-21(9-7-20)24-13-17-28-3/h6-9,19,24H,4-5,10-18H2,1-3H3,(H2,23,25,26). The first-order valence-electron chi connectivity index (χ1n) is 10.8. The third-order valence-electron chi connectivity index (χ3n) is 5.17. The van der Waals surface area contributed by atoms with Crippen LogP contribution in [0.3, 0.4) is 0 Å². The maximum atomic E-state index is 5.06. The normalized spacial score (nSPS) is 16.2. The van der Waals surface area contributed by atoms with Crippen molar-refractivity contribution in [2.75, 3.05) is 58.3 Å². The van der Waals surface area contributed by atoms with Gasteiger partial charge in [-0.25, -0.2) is 4.99 Å². The number of likely N-dealkylation sites (tertiary alicyclic amines) is 1. The Morgan fingerprint density at radius 2 is 1.89 bits per heavy atom. The molecule has 0 aromatic heterocycles. The van der Waals surface area contributed by atoms with E-state index in [0.717, 1.165) is 43.6 Å². The van der Waals surface area contributed by atoms with Crippen molar-refractivity contribution in [2.24, 2.45) is 10.9 Å². The summed E-state index contributed by atoms with van der Waals surface area (Å²) in [6.45, 7) is 12.2. The lowest BCUT2D eigenvalue weighted by atomic mass is 9.99. The molecule has 0 amide bonds. The zero-order chi connectivity index (χ0) is 20.0. The number of hydrogen-bond acceptors (Lipinski definition) is 4. The molecule has 1 aromatic rings. The zero-order valence-electron chi connectivity index (χ0n) is 18.0. The second-order valence-corrected chi connectivity index (χ2v) is 7.62. The first-order chi connectivity index (χ1) is 13.7. The minimum absolute atomic E-state index is 0.678. The van der Waals surface area contributed by atoms with Crippen LogP contribution in [0.1, 0.15) is 38.7 Å². The molecule has 1 heterocycles. The first kappa shape index (κ1) is 22.5. The Bertz CT molecular complexity index is 553. The highest BCUT2D eigenvalue weighted by Crippen LogP contribution is 2.15. The quantitative estimate of drug-likeness (QED) is 0.309. The lowest BCUT2D eigenvalue weighted by Gasteiger charge is -2.30. The Kier molecular flexibility index (Phi) is 10.8. The SMILES string of the molecule is CCNC(=NCc1ccc(NCCOC)cc1)NCCCN1CCC(C)CC1. The summed E-state index contributed by atoms with van der Waals surface area (Å²) in [5, 5.41) is 10.1. The third-order valence-corrected chi connectivity index (χ3v) is 5.17. The molecule has 6 nitrogen and oxygen atoms in total. The lowest BCUT2D eigenvalue weighted by molar-refractivity contribution is 0.191. The van der Waals surface area contributed by atoms with Crippen LogP contribution in [0.25, 0.3) is 0 Å². The maximum Gasteiger partial charge on any atom is 0.191 e. The molecule has 6 heteroatoms. The van der Waals surface area contributed by atoms with Crippen LogP contribution in [0.5, 0.6) is 0 Å². The molecule has 1 fully saturated rings. The Morgan fingerprint density at radius 3 is 2.57 bits per heavy atom. The summed E-state index contributed by atoms with van der Waals surface area (Å²) in [6.07, 6.45) is 3.84. The van der Waals surface area contributed by atoms with Gasteiger partial charge in [0.1, 0.15) is 0 Å². The van der Waals surface area contributed by atoms with Gasteiger partial charge in [0.15, 0.2) is 5.96 Å². The van der Waals surface area contributed by atoms with Gasteiger partial charge in [0.25, 0.3) is 0 Å². The molecular formula is C22H39N5O. The molecule has 1 saturated heterocycles. The van der Waals surface area contributed by atoms with Gasteiger partial charge in [-0.2, -0.15) is 0 Å². The molecule has 0 atom stereocenters. The van der Waals surface area contributed by atoms with Gasteiger partial charge >= 0.3 is 0 Å². The smallest absolute Gasteiger partial charge is 0.191 e. The van der Waals surface area contributed by atoms with E-state index >= 15 is 0 Å². The molecule has 0 bridgehead atoms. The van der Waals surface area contributed by atoms with Crippen molar-refractivity contribution >= 4 is 11.6 Å². The fraction of sp³-hybridized carbons (Fsp3) is 0.682. The van der Waals surface area contributed by atoms with Gasteiger partial charge < -0.3 is 25.6 Å². The fourth-order valence-electron chi connectivity index (χ4n) is 3.33. The topological polar surface area (TPSA) is 60.9 Å². The molecule has 0 saturated carbocycles. The van der Waals surface area contributed by atoms with Crippen LogP contribution in [0.4, 0.5) is 5.69 Å². The van der Waals surface area contributed by atoms with E-state index in [1.54, 1.807) is 7.11 Å². The average Bonchev–Trinajstić information content (AvgIpc) is 2.72. The molecule has 0 aliphatic carbocycles. The fourth-order valence-corrected chi connectivity index (χ4v) is 3.33. The Hall–Kier alpha value is -1.79. The Labute approximate surface area is 171 Å². The minimum atomic E-state index is 0.678. The van der Waals surface area contributed by atoms with Crippen molar-refractivity contribution in [3.63, 3.8) is 0 Å². The van der Waals surface area contributed by atoms with Crippen LogP contribution >= 0.6 is 0 Å². The predicted octanol–water partition coefficient (Wildman–Crippen LogP) is 2.92. The zero-order valence-corrected chi connectivity index (χ0v) is 18.0. The summed E-state index contributed by atoms with van der Waals surface area (Å²) in [5.41, 5.74) is 2.32. The van der Waals surface area contributed by atoms with Crippen molar-refractivity contribution in [3.8, 4) is 0 Å². The molecule has 158 valence electrons. The molecule has 2 rings (SSSR count). The molecule has 1 aliphatic rings. The van der Waals surface area contributed by atoms with Gasteiger partial charge in [0.05, 0.1) is 13.2 Å². The Morgan fingerprint density at radius 1 is 1.14 bits per heavy atom. The summed E-state index contributed by atoms with van der Waals surface area (Å²) in [6, 6.07) is 8.44. The molecule has 1 aromatic carbocycles.